The molecule has 0 bridgehead atoms. The number of imidazole rings is 1. The van der Waals surface area contributed by atoms with E-state index in [1.807, 2.05) is 34.9 Å². The van der Waals surface area contributed by atoms with Gasteiger partial charge in [0.2, 0.25) is 0 Å². The van der Waals surface area contributed by atoms with Gasteiger partial charge in [-0.1, -0.05) is 17.3 Å². The number of aromatic nitrogens is 2. The number of nitrogens with two attached hydrogens (primary N) is 1. The van der Waals surface area contributed by atoms with Crippen LogP contribution >= 0.6 is 15.9 Å². The molecule has 1 aromatic heterocycles. The molecular formula is C14H11BrN4O. The number of para-hydroxylation sites is 2. The lowest BCUT2D eigenvalue weighted by Gasteiger charge is -2.08. The fourth-order valence-corrected chi connectivity index (χ4v) is 2.64. The van der Waals surface area contributed by atoms with Crippen molar-refractivity contribution in [3.63, 3.8) is 0 Å². The van der Waals surface area contributed by atoms with Gasteiger partial charge in [-0.15, -0.1) is 0 Å². The number of amidine groups is 1. The average Bonchev–Trinajstić information content (AvgIpc) is 2.90. The van der Waals surface area contributed by atoms with Crippen LogP contribution in [0.15, 0.2) is 58.4 Å². The van der Waals surface area contributed by atoms with Crippen LogP contribution in [0.2, 0.25) is 0 Å². The summed E-state index contributed by atoms with van der Waals surface area (Å²) in [5.41, 5.74) is 9.12. The molecule has 3 rings (SSSR count). The highest BCUT2D eigenvalue weighted by molar-refractivity contribution is 9.10. The smallest absolute Gasteiger partial charge is 0.170 e. The van der Waals surface area contributed by atoms with Gasteiger partial charge in [-0.2, -0.15) is 0 Å². The van der Waals surface area contributed by atoms with Gasteiger partial charge in [0.05, 0.1) is 16.7 Å². The zero-order valence-electron chi connectivity index (χ0n) is 10.4. The molecule has 0 fully saturated rings. The first-order valence-electron chi connectivity index (χ1n) is 5.90. The Bertz CT molecular complexity index is 810. The summed E-state index contributed by atoms with van der Waals surface area (Å²) in [7, 11) is 0. The average molecular weight is 331 g/mol. The summed E-state index contributed by atoms with van der Waals surface area (Å²) in [6, 6.07) is 13.4. The van der Waals surface area contributed by atoms with E-state index >= 15 is 0 Å². The van der Waals surface area contributed by atoms with Crippen LogP contribution in [0.1, 0.15) is 5.56 Å². The van der Waals surface area contributed by atoms with E-state index in [0.717, 1.165) is 21.2 Å². The van der Waals surface area contributed by atoms with Gasteiger partial charge in [-0.3, -0.25) is 4.57 Å². The van der Waals surface area contributed by atoms with Crippen molar-refractivity contribution >= 4 is 32.8 Å². The van der Waals surface area contributed by atoms with Crippen molar-refractivity contribution in [3.05, 3.63) is 58.8 Å². The summed E-state index contributed by atoms with van der Waals surface area (Å²) in [5.74, 6) is 0.0766. The van der Waals surface area contributed by atoms with Gasteiger partial charge in [0.15, 0.2) is 5.84 Å². The molecule has 0 radical (unpaired) electrons. The second-order valence-electron chi connectivity index (χ2n) is 4.25. The first kappa shape index (κ1) is 12.7. The fourth-order valence-electron chi connectivity index (χ4n) is 2.07. The molecule has 5 nitrogen and oxygen atoms in total. The first-order valence-corrected chi connectivity index (χ1v) is 6.70. The van der Waals surface area contributed by atoms with Crippen molar-refractivity contribution in [2.45, 2.75) is 0 Å². The van der Waals surface area contributed by atoms with Gasteiger partial charge < -0.3 is 10.9 Å². The number of benzene rings is 2. The largest absolute Gasteiger partial charge is 0.409 e. The molecule has 0 unspecified atom stereocenters. The molecule has 0 aliphatic heterocycles. The summed E-state index contributed by atoms with van der Waals surface area (Å²) >= 11 is 3.51. The van der Waals surface area contributed by atoms with E-state index in [-0.39, 0.29) is 5.84 Å². The quantitative estimate of drug-likeness (QED) is 0.328. The van der Waals surface area contributed by atoms with Gasteiger partial charge in [-0.25, -0.2) is 4.98 Å². The third-order valence-electron chi connectivity index (χ3n) is 3.06. The maximum Gasteiger partial charge on any atom is 0.170 e. The van der Waals surface area contributed by atoms with E-state index in [2.05, 4.69) is 26.1 Å². The molecule has 6 heteroatoms. The number of hydrogen-bond acceptors (Lipinski definition) is 3. The zero-order valence-corrected chi connectivity index (χ0v) is 11.9. The maximum absolute atomic E-state index is 8.71. The maximum atomic E-state index is 8.71. The predicted octanol–water partition coefficient (Wildman–Crippen LogP) is 2.88. The molecule has 2 aromatic carbocycles. The lowest BCUT2D eigenvalue weighted by Crippen LogP contribution is -2.13. The van der Waals surface area contributed by atoms with Crippen molar-refractivity contribution < 1.29 is 5.21 Å². The van der Waals surface area contributed by atoms with Gasteiger partial charge in [0.1, 0.15) is 6.33 Å². The first-order chi connectivity index (χ1) is 9.70. The van der Waals surface area contributed by atoms with Crippen LogP contribution in [0.5, 0.6) is 0 Å². The summed E-state index contributed by atoms with van der Waals surface area (Å²) in [4.78, 5) is 4.36. The molecule has 0 spiro atoms. The molecule has 0 saturated heterocycles. The van der Waals surface area contributed by atoms with Crippen LogP contribution in [0.25, 0.3) is 16.7 Å². The number of oxime groups is 1. The minimum Gasteiger partial charge on any atom is -0.409 e. The van der Waals surface area contributed by atoms with E-state index in [4.69, 9.17) is 10.9 Å². The van der Waals surface area contributed by atoms with Crippen molar-refractivity contribution in [1.29, 1.82) is 0 Å². The van der Waals surface area contributed by atoms with E-state index in [0.29, 0.717) is 5.56 Å². The van der Waals surface area contributed by atoms with Crippen LogP contribution in [0.3, 0.4) is 0 Å². The summed E-state index contributed by atoms with van der Waals surface area (Å²) in [6.45, 7) is 0. The lowest BCUT2D eigenvalue weighted by molar-refractivity contribution is 0.318. The molecule has 100 valence electrons. The zero-order chi connectivity index (χ0) is 14.1. The number of fused-ring (bicyclic) bond motifs is 1. The number of nitrogens with zero attached hydrogens (tertiary/aromatic N) is 3. The van der Waals surface area contributed by atoms with Crippen molar-refractivity contribution in [2.24, 2.45) is 10.9 Å². The Morgan fingerprint density at radius 2 is 2.05 bits per heavy atom. The minimum atomic E-state index is 0.0766. The molecule has 3 aromatic rings. The van der Waals surface area contributed by atoms with Gasteiger partial charge in [0.25, 0.3) is 0 Å². The molecule has 0 amide bonds. The fraction of sp³-hybridized carbons (Fsp3) is 0. The van der Waals surface area contributed by atoms with E-state index in [1.54, 1.807) is 18.5 Å². The van der Waals surface area contributed by atoms with E-state index in [1.165, 1.54) is 0 Å². The van der Waals surface area contributed by atoms with Crippen molar-refractivity contribution in [3.8, 4) is 5.69 Å². The Labute approximate surface area is 123 Å². The summed E-state index contributed by atoms with van der Waals surface area (Å²) in [6.07, 6.45) is 1.77. The van der Waals surface area contributed by atoms with E-state index < -0.39 is 0 Å². The topological polar surface area (TPSA) is 76.4 Å². The van der Waals surface area contributed by atoms with Crippen LogP contribution in [0, 0.1) is 0 Å². The third-order valence-corrected chi connectivity index (χ3v) is 3.70. The second kappa shape index (κ2) is 4.97. The highest BCUT2D eigenvalue weighted by atomic mass is 79.9. The normalized spacial score (nSPS) is 11.9. The Morgan fingerprint density at radius 1 is 1.25 bits per heavy atom. The molecule has 20 heavy (non-hydrogen) atoms. The summed E-state index contributed by atoms with van der Waals surface area (Å²) < 4.78 is 2.82. The van der Waals surface area contributed by atoms with Crippen molar-refractivity contribution in [1.82, 2.24) is 9.55 Å². The lowest BCUT2D eigenvalue weighted by atomic mass is 10.2. The van der Waals surface area contributed by atoms with Crippen molar-refractivity contribution in [2.75, 3.05) is 0 Å². The number of halogens is 1. The minimum absolute atomic E-state index is 0.0766. The number of hydrogen-bond donors (Lipinski definition) is 2. The SMILES string of the molecule is N/C(=N/O)c1ccc(-n2cnc3ccccc32)c(Br)c1. The second-order valence-corrected chi connectivity index (χ2v) is 5.11. The van der Waals surface area contributed by atoms with Crippen LogP contribution < -0.4 is 5.73 Å². The molecule has 0 atom stereocenters. The Hall–Kier alpha value is -2.34. The standard InChI is InChI=1S/C14H11BrN4O/c15-10-7-9(14(16)18-20)5-6-12(10)19-8-17-11-3-1-2-4-13(11)19/h1-8,20H,(H2,16,18). The Kier molecular flexibility index (Phi) is 3.15. The highest BCUT2D eigenvalue weighted by Gasteiger charge is 2.09. The Balaban J connectivity index is 2.15. The summed E-state index contributed by atoms with van der Waals surface area (Å²) in [5, 5.41) is 11.7. The molecule has 0 aliphatic carbocycles. The third kappa shape index (κ3) is 2.04. The number of rotatable bonds is 2. The monoisotopic (exact) mass is 330 g/mol. The molecule has 1 heterocycles. The van der Waals surface area contributed by atoms with Gasteiger partial charge in [-0.05, 0) is 46.3 Å². The van der Waals surface area contributed by atoms with Crippen LogP contribution in [0.4, 0.5) is 0 Å². The van der Waals surface area contributed by atoms with E-state index in [9.17, 15) is 0 Å². The molecule has 0 aliphatic rings. The molecule has 0 saturated carbocycles. The van der Waals surface area contributed by atoms with Crippen LogP contribution in [-0.2, 0) is 0 Å². The Morgan fingerprint density at radius 3 is 2.80 bits per heavy atom. The van der Waals surface area contributed by atoms with Gasteiger partial charge >= 0.3 is 0 Å². The van der Waals surface area contributed by atoms with Gasteiger partial charge in [0, 0.05) is 10.0 Å². The van der Waals surface area contributed by atoms with Crippen LogP contribution in [-0.4, -0.2) is 20.6 Å². The highest BCUT2D eigenvalue weighted by Crippen LogP contribution is 2.26. The molecular weight excluding hydrogens is 320 g/mol. The molecule has 3 N–H and O–H groups in total. The predicted molar refractivity (Wildman–Crippen MR) is 81.3 cm³/mol.